The van der Waals surface area contributed by atoms with Crippen molar-refractivity contribution < 1.29 is 9.13 Å². The normalized spacial score (nSPS) is 10.4. The molecule has 0 fully saturated rings. The van der Waals surface area contributed by atoms with Crippen LogP contribution in [0.15, 0.2) is 18.2 Å². The highest BCUT2D eigenvalue weighted by molar-refractivity contribution is 5.33. The number of halogens is 1. The predicted molar refractivity (Wildman–Crippen MR) is 46.9 cm³/mol. The molecule has 0 heterocycles. The summed E-state index contributed by atoms with van der Waals surface area (Å²) in [5, 5.41) is 0. The van der Waals surface area contributed by atoms with Crippen LogP contribution in [0.25, 0.3) is 0 Å². The Morgan fingerprint density at radius 3 is 2.58 bits per heavy atom. The molecule has 2 heteroatoms. The molecule has 0 aliphatic carbocycles. The van der Waals surface area contributed by atoms with Crippen LogP contribution in [0.5, 0.6) is 5.75 Å². The van der Waals surface area contributed by atoms with Crippen LogP contribution < -0.4 is 4.74 Å². The molecule has 1 nitrogen and oxygen atoms in total. The topological polar surface area (TPSA) is 9.23 Å². The molecule has 1 rings (SSSR count). The lowest BCUT2D eigenvalue weighted by Gasteiger charge is -2.11. The van der Waals surface area contributed by atoms with E-state index in [0.29, 0.717) is 11.3 Å². The monoisotopic (exact) mass is 168 g/mol. The molecule has 0 radical (unpaired) electrons. The Kier molecular flexibility index (Phi) is 2.69. The zero-order chi connectivity index (χ0) is 9.14. The quantitative estimate of drug-likeness (QED) is 0.659. The zero-order valence-electron chi connectivity index (χ0n) is 7.60. The summed E-state index contributed by atoms with van der Waals surface area (Å²) in [5.41, 5.74) is 0.575. The third-order valence-electron chi connectivity index (χ3n) is 1.58. The Balaban J connectivity index is 2.92. The van der Waals surface area contributed by atoms with Crippen LogP contribution in [0, 0.1) is 12.7 Å². The van der Waals surface area contributed by atoms with Crippen LogP contribution in [-0.4, -0.2) is 6.10 Å². The maximum Gasteiger partial charge on any atom is 0.129 e. The van der Waals surface area contributed by atoms with Crippen LogP contribution in [0.4, 0.5) is 4.39 Å². The van der Waals surface area contributed by atoms with Gasteiger partial charge in [0, 0.05) is 5.56 Å². The minimum Gasteiger partial charge on any atom is -0.491 e. The van der Waals surface area contributed by atoms with Crippen molar-refractivity contribution in [3.05, 3.63) is 29.6 Å². The van der Waals surface area contributed by atoms with Gasteiger partial charge in [0.25, 0.3) is 0 Å². The van der Waals surface area contributed by atoms with Crippen molar-refractivity contribution in [3.63, 3.8) is 0 Å². The highest BCUT2D eigenvalue weighted by Gasteiger charge is 2.04. The van der Waals surface area contributed by atoms with E-state index in [4.69, 9.17) is 4.74 Å². The maximum atomic E-state index is 12.9. The van der Waals surface area contributed by atoms with Crippen molar-refractivity contribution in [2.45, 2.75) is 26.9 Å². The molecule has 0 aliphatic rings. The van der Waals surface area contributed by atoms with Crippen molar-refractivity contribution in [1.29, 1.82) is 0 Å². The van der Waals surface area contributed by atoms with Gasteiger partial charge in [-0.3, -0.25) is 0 Å². The largest absolute Gasteiger partial charge is 0.491 e. The first-order valence-corrected chi connectivity index (χ1v) is 4.03. The van der Waals surface area contributed by atoms with Gasteiger partial charge in [-0.15, -0.1) is 0 Å². The highest BCUT2D eigenvalue weighted by Crippen LogP contribution is 2.20. The van der Waals surface area contributed by atoms with E-state index in [-0.39, 0.29) is 11.9 Å². The third-order valence-corrected chi connectivity index (χ3v) is 1.58. The van der Waals surface area contributed by atoms with E-state index in [0.717, 1.165) is 0 Å². The van der Waals surface area contributed by atoms with E-state index in [2.05, 4.69) is 0 Å². The summed E-state index contributed by atoms with van der Waals surface area (Å²) in [6.07, 6.45) is 0.0884. The lowest BCUT2D eigenvalue weighted by molar-refractivity contribution is 0.239. The van der Waals surface area contributed by atoms with Gasteiger partial charge >= 0.3 is 0 Å². The number of hydrogen-bond donors (Lipinski definition) is 0. The molecular weight excluding hydrogens is 155 g/mol. The van der Waals surface area contributed by atoms with E-state index in [1.165, 1.54) is 6.07 Å². The Morgan fingerprint density at radius 2 is 2.00 bits per heavy atom. The molecule has 12 heavy (non-hydrogen) atoms. The zero-order valence-corrected chi connectivity index (χ0v) is 7.60. The fourth-order valence-corrected chi connectivity index (χ4v) is 0.969. The van der Waals surface area contributed by atoms with E-state index in [1.807, 2.05) is 13.8 Å². The molecule has 0 aromatic heterocycles. The maximum absolute atomic E-state index is 12.9. The van der Waals surface area contributed by atoms with E-state index in [9.17, 15) is 4.39 Å². The lowest BCUT2D eigenvalue weighted by Crippen LogP contribution is -2.07. The highest BCUT2D eigenvalue weighted by atomic mass is 19.1. The molecule has 1 aromatic carbocycles. The van der Waals surface area contributed by atoms with Gasteiger partial charge in [0.2, 0.25) is 0 Å². The van der Waals surface area contributed by atoms with E-state index >= 15 is 0 Å². The summed E-state index contributed by atoms with van der Waals surface area (Å²) >= 11 is 0. The van der Waals surface area contributed by atoms with Crippen molar-refractivity contribution in [2.24, 2.45) is 0 Å². The fraction of sp³-hybridized carbons (Fsp3) is 0.400. The average Bonchev–Trinajstić information content (AvgIpc) is 1.98. The minimum absolute atomic E-state index is 0.0884. The number of ether oxygens (including phenoxy) is 1. The molecule has 0 aliphatic heterocycles. The van der Waals surface area contributed by atoms with Crippen molar-refractivity contribution in [3.8, 4) is 5.75 Å². The molecule has 0 saturated carbocycles. The summed E-state index contributed by atoms with van der Waals surface area (Å²) in [4.78, 5) is 0. The van der Waals surface area contributed by atoms with E-state index < -0.39 is 0 Å². The Morgan fingerprint density at radius 1 is 1.33 bits per heavy atom. The SMILES string of the molecule is Cc1c(F)cccc1OC(C)C. The molecular formula is C10H13FO. The lowest BCUT2D eigenvalue weighted by atomic mass is 10.2. The summed E-state index contributed by atoms with van der Waals surface area (Å²) in [6, 6.07) is 4.86. The Bertz CT molecular complexity index is 269. The molecule has 0 unspecified atom stereocenters. The van der Waals surface area contributed by atoms with Gasteiger partial charge < -0.3 is 4.74 Å². The molecule has 66 valence electrons. The van der Waals surface area contributed by atoms with Crippen molar-refractivity contribution in [1.82, 2.24) is 0 Å². The molecule has 0 N–H and O–H groups in total. The summed E-state index contributed by atoms with van der Waals surface area (Å²) < 4.78 is 18.3. The first kappa shape index (κ1) is 9.04. The molecule has 0 spiro atoms. The molecule has 1 aromatic rings. The van der Waals surface area contributed by atoms with E-state index in [1.54, 1.807) is 19.1 Å². The second-order valence-corrected chi connectivity index (χ2v) is 3.03. The number of benzene rings is 1. The molecule has 0 amide bonds. The van der Waals surface area contributed by atoms with Gasteiger partial charge in [0.15, 0.2) is 0 Å². The van der Waals surface area contributed by atoms with Gasteiger partial charge in [-0.25, -0.2) is 4.39 Å². The Labute approximate surface area is 72.2 Å². The van der Waals surface area contributed by atoms with Gasteiger partial charge in [0.1, 0.15) is 11.6 Å². The third kappa shape index (κ3) is 1.97. The first-order valence-electron chi connectivity index (χ1n) is 4.03. The van der Waals surface area contributed by atoms with Crippen LogP contribution in [-0.2, 0) is 0 Å². The number of rotatable bonds is 2. The van der Waals surface area contributed by atoms with Crippen LogP contribution in [0.3, 0.4) is 0 Å². The standard InChI is InChI=1S/C10H13FO/c1-7(2)12-10-6-4-5-9(11)8(10)3/h4-7H,1-3H3. The predicted octanol–water partition coefficient (Wildman–Crippen LogP) is 2.92. The summed E-state index contributed by atoms with van der Waals surface area (Å²) in [6.45, 7) is 5.56. The van der Waals surface area contributed by atoms with Gasteiger partial charge in [-0.05, 0) is 32.9 Å². The van der Waals surface area contributed by atoms with Crippen molar-refractivity contribution >= 4 is 0 Å². The summed E-state index contributed by atoms with van der Waals surface area (Å²) in [7, 11) is 0. The average molecular weight is 168 g/mol. The molecule has 0 atom stereocenters. The summed E-state index contributed by atoms with van der Waals surface area (Å²) in [5.74, 6) is 0.415. The van der Waals surface area contributed by atoms with Gasteiger partial charge in [-0.1, -0.05) is 6.07 Å². The Hall–Kier alpha value is -1.05. The van der Waals surface area contributed by atoms with Crippen LogP contribution >= 0.6 is 0 Å². The molecule has 0 saturated heterocycles. The minimum atomic E-state index is -0.215. The second-order valence-electron chi connectivity index (χ2n) is 3.03. The van der Waals surface area contributed by atoms with Crippen molar-refractivity contribution in [2.75, 3.05) is 0 Å². The first-order chi connectivity index (χ1) is 5.61. The van der Waals surface area contributed by atoms with Gasteiger partial charge in [-0.2, -0.15) is 0 Å². The van der Waals surface area contributed by atoms with Crippen LogP contribution in [0.1, 0.15) is 19.4 Å². The van der Waals surface area contributed by atoms with Gasteiger partial charge in [0.05, 0.1) is 6.10 Å². The smallest absolute Gasteiger partial charge is 0.129 e. The second kappa shape index (κ2) is 3.57. The number of hydrogen-bond acceptors (Lipinski definition) is 1. The van der Waals surface area contributed by atoms with Crippen LogP contribution in [0.2, 0.25) is 0 Å². The fourth-order valence-electron chi connectivity index (χ4n) is 0.969. The molecule has 0 bridgehead atoms.